The number of nitrogens with zero attached hydrogens (tertiary/aromatic N) is 2. The van der Waals surface area contributed by atoms with Crippen LogP contribution >= 0.6 is 34.2 Å². The second-order valence-corrected chi connectivity index (χ2v) is 4.95. The third-order valence-corrected chi connectivity index (χ3v) is 3.08. The van der Waals surface area contributed by atoms with Crippen molar-refractivity contribution in [3.8, 4) is 6.07 Å². The van der Waals surface area contributed by atoms with Crippen LogP contribution in [0.3, 0.4) is 0 Å². The lowest BCUT2D eigenvalue weighted by atomic mass is 10.3. The normalized spacial score (nSPS) is 9.71. The molecule has 1 aromatic carbocycles. The molecule has 1 aromatic heterocycles. The molecule has 0 spiro atoms. The molecule has 0 bridgehead atoms. The van der Waals surface area contributed by atoms with E-state index >= 15 is 0 Å². The van der Waals surface area contributed by atoms with Gasteiger partial charge in [-0.3, -0.25) is 0 Å². The van der Waals surface area contributed by atoms with E-state index in [0.29, 0.717) is 16.4 Å². The maximum Gasteiger partial charge on any atom is 0.130 e. The van der Waals surface area contributed by atoms with Gasteiger partial charge in [0.15, 0.2) is 0 Å². The first kappa shape index (κ1) is 12.1. The Balaban J connectivity index is 2.25. The smallest absolute Gasteiger partial charge is 0.130 e. The molecular weight excluding hydrogens is 349 g/mol. The van der Waals surface area contributed by atoms with Gasteiger partial charge in [-0.1, -0.05) is 11.6 Å². The number of pyridine rings is 1. The Bertz CT molecular complexity index is 575. The molecule has 0 atom stereocenters. The van der Waals surface area contributed by atoms with Gasteiger partial charge in [0, 0.05) is 9.77 Å². The van der Waals surface area contributed by atoms with Crippen LogP contribution in [0.4, 0.5) is 11.5 Å². The zero-order valence-corrected chi connectivity index (χ0v) is 11.5. The molecule has 3 nitrogen and oxygen atoms in total. The average molecular weight is 356 g/mol. The predicted molar refractivity (Wildman–Crippen MR) is 76.4 cm³/mol. The van der Waals surface area contributed by atoms with Crippen molar-refractivity contribution < 1.29 is 0 Å². The second kappa shape index (κ2) is 5.34. The highest BCUT2D eigenvalue weighted by Crippen LogP contribution is 2.26. The van der Waals surface area contributed by atoms with Crippen LogP contribution in [-0.4, -0.2) is 4.98 Å². The third kappa shape index (κ3) is 3.08. The molecule has 0 saturated carbocycles. The molecule has 17 heavy (non-hydrogen) atoms. The fraction of sp³-hybridized carbons (Fsp3) is 0. The fourth-order valence-corrected chi connectivity index (χ4v) is 1.92. The summed E-state index contributed by atoms with van der Waals surface area (Å²) in [5, 5.41) is 12.4. The summed E-state index contributed by atoms with van der Waals surface area (Å²) in [6.07, 6.45) is 1.52. The fourth-order valence-electron chi connectivity index (χ4n) is 1.27. The van der Waals surface area contributed by atoms with E-state index in [-0.39, 0.29) is 0 Å². The molecule has 0 fully saturated rings. The zero-order valence-electron chi connectivity index (χ0n) is 8.61. The first-order valence-corrected chi connectivity index (χ1v) is 6.23. The van der Waals surface area contributed by atoms with Crippen LogP contribution in [-0.2, 0) is 0 Å². The Hall–Kier alpha value is -1.32. The van der Waals surface area contributed by atoms with Crippen LogP contribution in [0.2, 0.25) is 5.02 Å². The van der Waals surface area contributed by atoms with Crippen LogP contribution < -0.4 is 5.32 Å². The molecule has 0 radical (unpaired) electrons. The molecule has 5 heteroatoms. The molecule has 0 saturated heterocycles. The van der Waals surface area contributed by atoms with Crippen LogP contribution in [0, 0.1) is 14.9 Å². The summed E-state index contributed by atoms with van der Waals surface area (Å²) in [6, 6.07) is 11.2. The van der Waals surface area contributed by atoms with Gasteiger partial charge >= 0.3 is 0 Å². The summed E-state index contributed by atoms with van der Waals surface area (Å²) in [6.45, 7) is 0. The zero-order chi connectivity index (χ0) is 12.3. The van der Waals surface area contributed by atoms with Gasteiger partial charge in [-0.2, -0.15) is 5.26 Å². The quantitative estimate of drug-likeness (QED) is 0.830. The predicted octanol–water partition coefficient (Wildman–Crippen LogP) is 3.95. The van der Waals surface area contributed by atoms with Crippen LogP contribution in [0.25, 0.3) is 0 Å². The average Bonchev–Trinajstić information content (AvgIpc) is 2.35. The number of nitrogens with one attached hydrogen (secondary N) is 1. The summed E-state index contributed by atoms with van der Waals surface area (Å²) in [5.41, 5.74) is 1.33. The highest BCUT2D eigenvalue weighted by atomic mass is 127. The van der Waals surface area contributed by atoms with E-state index in [4.69, 9.17) is 16.9 Å². The Morgan fingerprint density at radius 3 is 2.76 bits per heavy atom. The van der Waals surface area contributed by atoms with Gasteiger partial charge < -0.3 is 5.32 Å². The molecule has 2 rings (SSSR count). The van der Waals surface area contributed by atoms with Gasteiger partial charge in [0.05, 0.1) is 16.3 Å². The topological polar surface area (TPSA) is 48.7 Å². The minimum Gasteiger partial charge on any atom is -0.339 e. The molecular formula is C12H7ClIN3. The number of rotatable bonds is 2. The Morgan fingerprint density at radius 1 is 1.29 bits per heavy atom. The van der Waals surface area contributed by atoms with Gasteiger partial charge in [0.25, 0.3) is 0 Å². The van der Waals surface area contributed by atoms with Crippen molar-refractivity contribution in [1.82, 2.24) is 4.98 Å². The molecule has 0 aliphatic heterocycles. The van der Waals surface area contributed by atoms with E-state index in [9.17, 15) is 0 Å². The lowest BCUT2D eigenvalue weighted by molar-refractivity contribution is 1.29. The monoisotopic (exact) mass is 355 g/mol. The van der Waals surface area contributed by atoms with Crippen molar-refractivity contribution in [3.63, 3.8) is 0 Å². The number of anilines is 2. The highest BCUT2D eigenvalue weighted by molar-refractivity contribution is 14.1. The summed E-state index contributed by atoms with van der Waals surface area (Å²) < 4.78 is 1.09. The van der Waals surface area contributed by atoms with E-state index in [1.165, 1.54) is 6.20 Å². The molecule has 0 aliphatic carbocycles. The van der Waals surface area contributed by atoms with Crippen molar-refractivity contribution in [1.29, 1.82) is 5.26 Å². The molecule has 0 unspecified atom stereocenters. The van der Waals surface area contributed by atoms with Crippen molar-refractivity contribution >= 4 is 45.7 Å². The maximum atomic E-state index is 8.67. The molecule has 1 N–H and O–H groups in total. The first-order chi connectivity index (χ1) is 8.19. The Labute approximate surface area is 118 Å². The summed E-state index contributed by atoms with van der Waals surface area (Å²) in [7, 11) is 0. The molecule has 0 amide bonds. The molecule has 1 heterocycles. The molecule has 2 aromatic rings. The SMILES string of the molecule is N#Cc1ccc(Nc2cc(I)ccc2Cl)nc1. The van der Waals surface area contributed by atoms with E-state index < -0.39 is 0 Å². The summed E-state index contributed by atoms with van der Waals surface area (Å²) in [5.74, 6) is 0.660. The number of nitriles is 1. The Kier molecular flexibility index (Phi) is 3.82. The third-order valence-electron chi connectivity index (χ3n) is 2.08. The number of hydrogen-bond acceptors (Lipinski definition) is 3. The lowest BCUT2D eigenvalue weighted by Gasteiger charge is -2.07. The minimum absolute atomic E-state index is 0.532. The summed E-state index contributed by atoms with van der Waals surface area (Å²) >= 11 is 8.27. The first-order valence-electron chi connectivity index (χ1n) is 4.77. The summed E-state index contributed by atoms with van der Waals surface area (Å²) in [4.78, 5) is 4.12. The van der Waals surface area contributed by atoms with Crippen molar-refractivity contribution in [2.75, 3.05) is 5.32 Å². The number of benzene rings is 1. The standard InChI is InChI=1S/C12H7ClIN3/c13-10-3-2-9(14)5-11(10)17-12-4-1-8(6-15)7-16-12/h1-5,7H,(H,16,17). The van der Waals surface area contributed by atoms with Crippen LogP contribution in [0.5, 0.6) is 0 Å². The van der Waals surface area contributed by atoms with E-state index in [1.54, 1.807) is 12.1 Å². The van der Waals surface area contributed by atoms with Gasteiger partial charge in [0.2, 0.25) is 0 Å². The lowest BCUT2D eigenvalue weighted by Crippen LogP contribution is -1.94. The Morgan fingerprint density at radius 2 is 2.12 bits per heavy atom. The number of aromatic nitrogens is 1. The van der Waals surface area contributed by atoms with Gasteiger partial charge in [-0.25, -0.2) is 4.98 Å². The minimum atomic E-state index is 0.532. The van der Waals surface area contributed by atoms with Crippen molar-refractivity contribution in [2.24, 2.45) is 0 Å². The maximum absolute atomic E-state index is 8.67. The van der Waals surface area contributed by atoms with E-state index in [0.717, 1.165) is 9.26 Å². The van der Waals surface area contributed by atoms with Gasteiger partial charge in [-0.15, -0.1) is 0 Å². The van der Waals surface area contributed by atoms with Crippen LogP contribution in [0.15, 0.2) is 36.5 Å². The van der Waals surface area contributed by atoms with E-state index in [2.05, 4.69) is 32.9 Å². The van der Waals surface area contributed by atoms with E-state index in [1.807, 2.05) is 24.3 Å². The van der Waals surface area contributed by atoms with Crippen molar-refractivity contribution in [2.45, 2.75) is 0 Å². The van der Waals surface area contributed by atoms with Crippen molar-refractivity contribution in [3.05, 3.63) is 50.7 Å². The van der Waals surface area contributed by atoms with Gasteiger partial charge in [0.1, 0.15) is 11.9 Å². The number of halogens is 2. The molecule has 0 aliphatic rings. The highest BCUT2D eigenvalue weighted by Gasteiger charge is 2.02. The largest absolute Gasteiger partial charge is 0.339 e. The second-order valence-electron chi connectivity index (χ2n) is 3.29. The number of hydrogen-bond donors (Lipinski definition) is 1. The van der Waals surface area contributed by atoms with Gasteiger partial charge in [-0.05, 0) is 52.9 Å². The van der Waals surface area contributed by atoms with Crippen LogP contribution in [0.1, 0.15) is 5.56 Å². The molecule has 84 valence electrons.